The number of benzene rings is 2. The van der Waals surface area contributed by atoms with E-state index in [0.717, 1.165) is 41.6 Å². The van der Waals surface area contributed by atoms with Crippen molar-refractivity contribution >= 4 is 17.2 Å². The lowest BCUT2D eigenvalue weighted by Gasteiger charge is -2.22. The predicted octanol–water partition coefficient (Wildman–Crippen LogP) is 5.16. The summed E-state index contributed by atoms with van der Waals surface area (Å²) in [6, 6.07) is 14.7. The lowest BCUT2D eigenvalue weighted by atomic mass is 10.1. The molecular formula is C26H31N3O3S. The van der Waals surface area contributed by atoms with E-state index in [1.807, 2.05) is 17.5 Å². The Morgan fingerprint density at radius 3 is 2.58 bits per heavy atom. The molecule has 1 aliphatic heterocycles. The fourth-order valence-electron chi connectivity index (χ4n) is 3.66. The van der Waals surface area contributed by atoms with E-state index in [4.69, 9.17) is 9.47 Å². The van der Waals surface area contributed by atoms with E-state index in [9.17, 15) is 4.79 Å². The molecule has 0 radical (unpaired) electrons. The van der Waals surface area contributed by atoms with Gasteiger partial charge in [-0.1, -0.05) is 49.7 Å². The first-order chi connectivity index (χ1) is 16.0. The summed E-state index contributed by atoms with van der Waals surface area (Å²) in [6.07, 6.45) is 0.961. The molecule has 0 aliphatic carbocycles. The minimum Gasteiger partial charge on any atom is -0.454 e. The monoisotopic (exact) mass is 465 g/mol. The number of hydrogen-bond acceptors (Lipinski definition) is 6. The molecule has 6 nitrogen and oxygen atoms in total. The Bertz CT molecular complexity index is 1080. The molecule has 0 fully saturated rings. The number of fused-ring (bicyclic) bond motifs is 1. The fourth-order valence-corrected chi connectivity index (χ4v) is 4.48. The van der Waals surface area contributed by atoms with Crippen LogP contribution >= 0.6 is 11.3 Å². The van der Waals surface area contributed by atoms with Gasteiger partial charge in [-0.15, -0.1) is 11.3 Å². The van der Waals surface area contributed by atoms with Crippen LogP contribution in [0.3, 0.4) is 0 Å². The molecule has 1 N–H and O–H groups in total. The van der Waals surface area contributed by atoms with Gasteiger partial charge in [-0.25, -0.2) is 4.98 Å². The summed E-state index contributed by atoms with van der Waals surface area (Å²) in [7, 11) is 0. The van der Waals surface area contributed by atoms with E-state index in [2.05, 4.69) is 66.3 Å². The Hall–Kier alpha value is -2.90. The number of nitrogens with zero attached hydrogens (tertiary/aromatic N) is 2. The summed E-state index contributed by atoms with van der Waals surface area (Å²) in [5.74, 6) is 2.04. The molecule has 3 aromatic rings. The van der Waals surface area contributed by atoms with Gasteiger partial charge in [0.05, 0.1) is 6.54 Å². The smallest absolute Gasteiger partial charge is 0.270 e. The third-order valence-corrected chi connectivity index (χ3v) is 6.35. The largest absolute Gasteiger partial charge is 0.454 e. The first kappa shape index (κ1) is 23.3. The van der Waals surface area contributed by atoms with Gasteiger partial charge in [-0.3, -0.25) is 9.69 Å². The van der Waals surface area contributed by atoms with Crippen LogP contribution in [0.15, 0.2) is 47.8 Å². The quantitative estimate of drug-likeness (QED) is 0.448. The molecule has 0 saturated heterocycles. The van der Waals surface area contributed by atoms with Gasteiger partial charge < -0.3 is 14.8 Å². The standard InChI is InChI=1S/C26H31N3O3S/c1-18(2)10-11-27-26(30)22-16-33-25(28-22)15-29(13-20-6-4-19(3)5-7-20)14-21-8-9-23-24(12-21)32-17-31-23/h4-9,12,16,18H,10-11,13-15,17H2,1-3H3,(H,27,30). The number of hydrogen-bond donors (Lipinski definition) is 1. The molecule has 0 bridgehead atoms. The summed E-state index contributed by atoms with van der Waals surface area (Å²) in [5.41, 5.74) is 4.13. The van der Waals surface area contributed by atoms with Crippen molar-refractivity contribution in [3.8, 4) is 11.5 Å². The first-order valence-corrected chi connectivity index (χ1v) is 12.2. The molecule has 7 heteroatoms. The van der Waals surface area contributed by atoms with Crippen LogP contribution < -0.4 is 14.8 Å². The number of aromatic nitrogens is 1. The second-order valence-electron chi connectivity index (χ2n) is 8.88. The molecule has 33 heavy (non-hydrogen) atoms. The highest BCUT2D eigenvalue weighted by atomic mass is 32.1. The van der Waals surface area contributed by atoms with Crippen molar-refractivity contribution in [2.45, 2.75) is 46.8 Å². The normalized spacial score (nSPS) is 12.5. The Labute approximate surface area is 199 Å². The number of ether oxygens (including phenoxy) is 2. The molecule has 2 aromatic carbocycles. The second kappa shape index (κ2) is 10.8. The fraction of sp³-hybridized carbons (Fsp3) is 0.385. The highest BCUT2D eigenvalue weighted by molar-refractivity contribution is 7.09. The summed E-state index contributed by atoms with van der Waals surface area (Å²) >= 11 is 1.53. The first-order valence-electron chi connectivity index (χ1n) is 11.4. The number of nitrogens with one attached hydrogen (secondary N) is 1. The predicted molar refractivity (Wildman–Crippen MR) is 131 cm³/mol. The van der Waals surface area contributed by atoms with E-state index >= 15 is 0 Å². The molecule has 1 amide bonds. The Balaban J connectivity index is 1.46. The number of thiazole rings is 1. The van der Waals surface area contributed by atoms with Crippen molar-refractivity contribution in [1.82, 2.24) is 15.2 Å². The Morgan fingerprint density at radius 1 is 1.06 bits per heavy atom. The third kappa shape index (κ3) is 6.55. The maximum absolute atomic E-state index is 12.4. The molecule has 0 saturated carbocycles. The van der Waals surface area contributed by atoms with Crippen LogP contribution in [0.2, 0.25) is 0 Å². The number of amides is 1. The molecule has 1 aromatic heterocycles. The van der Waals surface area contributed by atoms with Crippen LogP contribution in [-0.4, -0.2) is 29.1 Å². The molecule has 0 atom stereocenters. The highest BCUT2D eigenvalue weighted by Gasteiger charge is 2.17. The van der Waals surface area contributed by atoms with Crippen molar-refractivity contribution < 1.29 is 14.3 Å². The number of carbonyl (C=O) groups is 1. The van der Waals surface area contributed by atoms with Crippen molar-refractivity contribution in [2.75, 3.05) is 13.3 Å². The van der Waals surface area contributed by atoms with Crippen LogP contribution in [0, 0.1) is 12.8 Å². The highest BCUT2D eigenvalue weighted by Crippen LogP contribution is 2.33. The minimum atomic E-state index is -0.0981. The summed E-state index contributed by atoms with van der Waals surface area (Å²) in [5, 5.41) is 5.75. The molecule has 2 heterocycles. The maximum Gasteiger partial charge on any atom is 0.270 e. The number of aryl methyl sites for hydroxylation is 1. The van der Waals surface area contributed by atoms with Gasteiger partial charge in [0.2, 0.25) is 6.79 Å². The summed E-state index contributed by atoms with van der Waals surface area (Å²) < 4.78 is 11.0. The maximum atomic E-state index is 12.4. The van der Waals surface area contributed by atoms with E-state index in [-0.39, 0.29) is 12.7 Å². The minimum absolute atomic E-state index is 0.0981. The van der Waals surface area contributed by atoms with Crippen LogP contribution in [0.25, 0.3) is 0 Å². The van der Waals surface area contributed by atoms with Gasteiger partial charge in [-0.05, 0) is 42.5 Å². The van der Waals surface area contributed by atoms with E-state index in [0.29, 0.717) is 24.7 Å². The van der Waals surface area contributed by atoms with E-state index < -0.39 is 0 Å². The lowest BCUT2D eigenvalue weighted by molar-refractivity contribution is 0.0947. The molecule has 174 valence electrons. The van der Waals surface area contributed by atoms with Crippen LogP contribution in [0.1, 0.15) is 52.5 Å². The average molecular weight is 466 g/mol. The SMILES string of the molecule is Cc1ccc(CN(Cc2ccc3c(c2)OCO3)Cc2nc(C(=O)NCCC(C)C)cs2)cc1. The zero-order valence-corrected chi connectivity index (χ0v) is 20.3. The Kier molecular flexibility index (Phi) is 7.62. The van der Waals surface area contributed by atoms with Crippen LogP contribution in [0.4, 0.5) is 0 Å². The van der Waals surface area contributed by atoms with Gasteiger partial charge in [0.15, 0.2) is 11.5 Å². The summed E-state index contributed by atoms with van der Waals surface area (Å²) in [6.45, 7) is 9.51. The van der Waals surface area contributed by atoms with Crippen LogP contribution in [-0.2, 0) is 19.6 Å². The third-order valence-electron chi connectivity index (χ3n) is 5.52. The topological polar surface area (TPSA) is 63.7 Å². The van der Waals surface area contributed by atoms with E-state index in [1.165, 1.54) is 22.5 Å². The molecule has 0 spiro atoms. The number of rotatable bonds is 10. The summed E-state index contributed by atoms with van der Waals surface area (Å²) in [4.78, 5) is 19.4. The van der Waals surface area contributed by atoms with E-state index in [1.54, 1.807) is 0 Å². The van der Waals surface area contributed by atoms with Crippen molar-refractivity contribution in [2.24, 2.45) is 5.92 Å². The molecule has 0 unspecified atom stereocenters. The lowest BCUT2D eigenvalue weighted by Crippen LogP contribution is -2.26. The second-order valence-corrected chi connectivity index (χ2v) is 9.83. The van der Waals surface area contributed by atoms with Gasteiger partial charge in [0.1, 0.15) is 10.7 Å². The van der Waals surface area contributed by atoms with Crippen molar-refractivity contribution in [3.63, 3.8) is 0 Å². The van der Waals surface area contributed by atoms with Crippen molar-refractivity contribution in [3.05, 3.63) is 75.2 Å². The zero-order valence-electron chi connectivity index (χ0n) is 19.5. The average Bonchev–Trinajstić information content (AvgIpc) is 3.44. The van der Waals surface area contributed by atoms with Crippen LogP contribution in [0.5, 0.6) is 11.5 Å². The molecule has 4 rings (SSSR count). The van der Waals surface area contributed by atoms with Gasteiger partial charge in [0.25, 0.3) is 5.91 Å². The number of carbonyl (C=O) groups excluding carboxylic acids is 1. The van der Waals surface area contributed by atoms with Gasteiger partial charge in [-0.2, -0.15) is 0 Å². The van der Waals surface area contributed by atoms with Gasteiger partial charge >= 0.3 is 0 Å². The Morgan fingerprint density at radius 2 is 1.79 bits per heavy atom. The van der Waals surface area contributed by atoms with Gasteiger partial charge in [0, 0.05) is 25.0 Å². The van der Waals surface area contributed by atoms with Crippen molar-refractivity contribution in [1.29, 1.82) is 0 Å². The molecule has 1 aliphatic rings. The zero-order chi connectivity index (χ0) is 23.2. The molecular weight excluding hydrogens is 434 g/mol.